The van der Waals surface area contributed by atoms with Crippen LogP contribution in [0.1, 0.15) is 195 Å². The molecule has 0 saturated heterocycles. The maximum absolute atomic E-state index is 11.6. The van der Waals surface area contributed by atoms with E-state index in [1.807, 2.05) is 27.9 Å². The lowest BCUT2D eigenvalue weighted by atomic mass is 9.99. The zero-order valence-corrected chi connectivity index (χ0v) is 70.1. The van der Waals surface area contributed by atoms with Gasteiger partial charge in [-0.25, -0.2) is 4.79 Å². The van der Waals surface area contributed by atoms with Crippen molar-refractivity contribution in [2.75, 3.05) is 158 Å². The van der Waals surface area contributed by atoms with E-state index in [4.69, 9.17) is 76.1 Å². The van der Waals surface area contributed by atoms with Crippen molar-refractivity contribution in [1.82, 2.24) is 25.8 Å². The second kappa shape index (κ2) is 90.6. The third-order valence-electron chi connectivity index (χ3n) is 15.6. The van der Waals surface area contributed by atoms with Gasteiger partial charge in [0.05, 0.1) is 82.5 Å². The van der Waals surface area contributed by atoms with Gasteiger partial charge in [0.25, 0.3) is 0 Å². The molecule has 0 heterocycles. The predicted octanol–water partition coefficient (Wildman–Crippen LogP) is 2.67. The number of unbranched alkanes of at least 4 members (excludes halogenated alkanes) is 2. The first-order valence-electron chi connectivity index (χ1n) is 39.4. The zero-order valence-electron chi connectivity index (χ0n) is 70.1. The number of esters is 1. The van der Waals surface area contributed by atoms with Crippen LogP contribution >= 0.6 is 0 Å². The molecule has 0 fully saturated rings. The number of aliphatic hydroxyl groups excluding tert-OH is 9. The van der Waals surface area contributed by atoms with Crippen LogP contribution in [0.25, 0.3) is 0 Å². The summed E-state index contributed by atoms with van der Waals surface area (Å²) in [6, 6.07) is 27.4. The van der Waals surface area contributed by atoms with Crippen molar-refractivity contribution in [2.45, 2.75) is 228 Å². The van der Waals surface area contributed by atoms with Crippen LogP contribution < -0.4 is 66.7 Å². The van der Waals surface area contributed by atoms with Crippen molar-refractivity contribution in [3.63, 3.8) is 0 Å². The van der Waals surface area contributed by atoms with E-state index in [2.05, 4.69) is 147 Å². The number of nitrogens with zero attached hydrogens (tertiary/aromatic N) is 3. The maximum atomic E-state index is 11.6. The fourth-order valence-electron chi connectivity index (χ4n) is 8.14. The van der Waals surface area contributed by atoms with Crippen molar-refractivity contribution >= 4 is 29.2 Å². The Hall–Kier alpha value is -5.26. The smallest absolute Gasteiger partial charge is 0.338 e. The molecule has 28 heteroatoms. The molecule has 3 rings (SSSR count). The normalized spacial score (nSPS) is 12.0. The van der Waals surface area contributed by atoms with Crippen LogP contribution in [0.15, 0.2) is 89.9 Å². The number of nitrogens with two attached hydrogens (primary N) is 8. The van der Waals surface area contributed by atoms with Gasteiger partial charge in [0.2, 0.25) is 0 Å². The molecule has 0 unspecified atom stereocenters. The number of aryl methyl sites for hydroxylation is 1. The average Bonchev–Trinajstić information content (AvgIpc) is 0.911. The first kappa shape index (κ1) is 118. The van der Waals surface area contributed by atoms with Crippen molar-refractivity contribution < 1.29 is 70.0 Å². The number of hydrogen-bond donors (Lipinski definition) is 21. The largest absolute Gasteiger partial charge is 0.461 e. The number of ketones is 2. The SMILES string of the molecule is CC(=O)[C@@H](N)CCCCN.CC(=O)[C@@H](N)CCCN=C(N)N.CCC(N)(CO)CO.CCCN(CC)CC.CCCNCCO.CCC[C@H](O)[C@@H](O)[C@H](O)[C@H](O)CC.CCN(CC)CCOC(=O)c1ccc(N)cc1.CCNCC.C[NH+](C)CCO.NCCO.c1ccc(CCCCNCc2ccccc2)cc1. The Morgan fingerprint density at radius 2 is 1.05 bits per heavy atom. The lowest BCUT2D eigenvalue weighted by molar-refractivity contribution is -0.858. The number of hydrogen-bond acceptors (Lipinski definition) is 25. The number of carbonyl (C=O) groups excluding carboxylic acids is 3. The minimum Gasteiger partial charge on any atom is -0.461 e. The number of rotatable bonds is 45. The van der Waals surface area contributed by atoms with Crippen molar-refractivity contribution in [1.29, 1.82) is 0 Å². The highest BCUT2D eigenvalue weighted by Gasteiger charge is 2.28. The molecule has 0 aromatic heterocycles. The van der Waals surface area contributed by atoms with Gasteiger partial charge in [0.15, 0.2) is 5.96 Å². The van der Waals surface area contributed by atoms with Gasteiger partial charge in [-0.3, -0.25) is 14.6 Å². The van der Waals surface area contributed by atoms with Gasteiger partial charge >= 0.3 is 5.97 Å². The summed E-state index contributed by atoms with van der Waals surface area (Å²) in [5, 5.41) is 88.0. The lowest BCUT2D eigenvalue weighted by Gasteiger charge is -2.25. The van der Waals surface area contributed by atoms with E-state index in [0.717, 1.165) is 104 Å². The highest BCUT2D eigenvalue weighted by Crippen LogP contribution is 2.12. The molecule has 638 valence electrons. The number of quaternary nitrogens is 1. The molecule has 0 aliphatic heterocycles. The Morgan fingerprint density at radius 3 is 1.40 bits per heavy atom. The molecule has 28 nitrogen and oxygen atoms in total. The Kier molecular flexibility index (Phi) is 99.4. The van der Waals surface area contributed by atoms with Crippen LogP contribution in [0.5, 0.6) is 0 Å². The van der Waals surface area contributed by atoms with Gasteiger partial charge in [0, 0.05) is 38.4 Å². The number of carbonyl (C=O) groups is 3. The maximum Gasteiger partial charge on any atom is 0.338 e. The second-order valence-electron chi connectivity index (χ2n) is 25.6. The number of aliphatic imine (C=N–C) groups is 1. The van der Waals surface area contributed by atoms with Crippen molar-refractivity contribution in [2.24, 2.45) is 45.1 Å². The summed E-state index contributed by atoms with van der Waals surface area (Å²) in [5.41, 5.74) is 45.3. The zero-order chi connectivity index (χ0) is 84.2. The van der Waals surface area contributed by atoms with E-state index in [0.29, 0.717) is 69.8 Å². The summed E-state index contributed by atoms with van der Waals surface area (Å²) in [7, 11) is 4.02. The first-order valence-corrected chi connectivity index (χ1v) is 39.4. The average molecular weight is 1550 g/mol. The fourth-order valence-corrected chi connectivity index (χ4v) is 8.14. The first-order chi connectivity index (χ1) is 51.4. The third kappa shape index (κ3) is 88.0. The van der Waals surface area contributed by atoms with E-state index in [1.165, 1.54) is 75.2 Å². The van der Waals surface area contributed by atoms with Gasteiger partial charge in [-0.2, -0.15) is 0 Å². The minimum absolute atomic E-state index is 0.000278. The van der Waals surface area contributed by atoms with Crippen LogP contribution in [0, 0.1) is 0 Å². The predicted molar refractivity (Wildman–Crippen MR) is 451 cm³/mol. The van der Waals surface area contributed by atoms with E-state index in [1.54, 1.807) is 31.2 Å². The molecule has 6 atom stereocenters. The fraction of sp³-hybridized carbons (Fsp3) is 0.725. The van der Waals surface area contributed by atoms with Crippen LogP contribution in [-0.4, -0.2) is 273 Å². The van der Waals surface area contributed by atoms with Gasteiger partial charge in [-0.05, 0) is 192 Å². The summed E-state index contributed by atoms with van der Waals surface area (Å²) >= 11 is 0. The summed E-state index contributed by atoms with van der Waals surface area (Å²) in [6.07, 6.45) is 7.82. The quantitative estimate of drug-likeness (QED) is 0.0127. The number of Topliss-reactive ketones (excluding diaryl/α,β-unsaturated/α-hetero) is 2. The molecular formula is C80H166N15O13+. The number of nitrogens with one attached hydrogen (secondary N) is 4. The van der Waals surface area contributed by atoms with Gasteiger partial charge < -0.3 is 127 Å². The Balaban J connectivity index is -0.000000174. The van der Waals surface area contributed by atoms with Crippen LogP contribution in [0.3, 0.4) is 0 Å². The minimum atomic E-state index is -1.26. The molecule has 29 N–H and O–H groups in total. The number of anilines is 1. The van der Waals surface area contributed by atoms with Crippen LogP contribution in [-0.2, 0) is 27.3 Å². The van der Waals surface area contributed by atoms with Gasteiger partial charge in [0.1, 0.15) is 36.9 Å². The van der Waals surface area contributed by atoms with E-state index in [-0.39, 0.29) is 62.0 Å². The number of nitrogen functional groups attached to an aromatic ring is 1. The van der Waals surface area contributed by atoms with Gasteiger partial charge in [-0.15, -0.1) is 0 Å². The Morgan fingerprint density at radius 1 is 0.556 bits per heavy atom. The lowest BCUT2D eigenvalue weighted by Crippen LogP contribution is -3.06. The molecular weight excluding hydrogens is 1380 g/mol. The molecule has 0 aliphatic carbocycles. The summed E-state index contributed by atoms with van der Waals surface area (Å²) in [4.78, 5) is 42.6. The molecule has 3 aromatic rings. The summed E-state index contributed by atoms with van der Waals surface area (Å²) < 4.78 is 5.18. The number of guanidine groups is 1. The molecule has 0 spiro atoms. The molecule has 0 saturated carbocycles. The molecule has 0 bridgehead atoms. The van der Waals surface area contributed by atoms with Crippen LogP contribution in [0.2, 0.25) is 0 Å². The molecule has 0 radical (unpaired) electrons. The second-order valence-corrected chi connectivity index (χ2v) is 25.6. The molecule has 0 amide bonds. The van der Waals surface area contributed by atoms with Crippen molar-refractivity contribution in [3.8, 4) is 0 Å². The summed E-state index contributed by atoms with van der Waals surface area (Å²) in [5.74, 6) is -0.153. The molecule has 108 heavy (non-hydrogen) atoms. The highest BCUT2D eigenvalue weighted by molar-refractivity contribution is 5.89. The number of likely N-dealkylation sites (N-methyl/N-ethyl adjacent to an activating group) is 2. The van der Waals surface area contributed by atoms with E-state index < -0.39 is 30.0 Å². The van der Waals surface area contributed by atoms with E-state index >= 15 is 0 Å². The van der Waals surface area contributed by atoms with Crippen LogP contribution in [0.4, 0.5) is 5.69 Å². The topological polar surface area (TPSA) is 510 Å². The standard InChI is InChI=1S/C17H21N.C13H20N2O2.C9H20O4.C7H16N4O.C7H16N2O.C7H17N.C5H13NO2.C5H13NO.C4H11NO.C4H11N.C2H7NO/c1-3-9-16(10-4-1)11-7-8-14-18-15-17-12-5-2-6-13-17;1-3-15(4-2)9-10-17-13(16)11-5-7-12(14)8-6-11;1-3-5-7(11)9(13)8(12)6(10)4-2;1-5(12)6(8)3-2-4-11-7(9)10;1-6(10)7(9)4-2-3-5-8;1-4-7-8(5-2)6-3;1-2-5(6,3-7)4-8;1-2-3-6-4-5-7;1-5(2)3-4-6;1-3-5-4-2;3-1-2-4/h1-6,9-10,12-13,18H,7-8,11,14-15H2;5-8H,3-4,9-10,14H2,1-2H3;6-13H,3-5H2,1-2H3;6H,2-4,8H2,1H3,(H4,9,10,11);7H,2-5,8-9H2,1H3;4-7H2,1-3H3;7-8H,2-4,6H2,1H3;6-7H,2-5H2,1H3;6H,3-4H2,1-2H3;5H,3-4H2,1-2H3;4H,1-3H2/p+1/t;;6-,7+,8-,9-;6-;7-;;;;;;/m..100....../s1. The number of aliphatic hydroxyl groups is 9. The Labute approximate surface area is 655 Å². The third-order valence-corrected chi connectivity index (χ3v) is 15.6. The number of ether oxygens (including phenoxy) is 1. The molecule has 3 aromatic carbocycles. The van der Waals surface area contributed by atoms with Gasteiger partial charge in [-0.1, -0.05) is 150 Å². The highest BCUT2D eigenvalue weighted by atomic mass is 16.5. The Bertz CT molecular complexity index is 2240. The van der Waals surface area contributed by atoms with E-state index in [9.17, 15) is 34.8 Å². The summed E-state index contributed by atoms with van der Waals surface area (Å²) in [6.45, 7) is 41.1. The number of benzene rings is 3. The monoisotopic (exact) mass is 1550 g/mol. The van der Waals surface area contributed by atoms with Crippen molar-refractivity contribution in [3.05, 3.63) is 102 Å². The molecule has 0 aliphatic rings.